The first-order valence-electron chi connectivity index (χ1n) is 7.93. The highest BCUT2D eigenvalue weighted by molar-refractivity contribution is 7.12. The molecule has 1 aromatic heterocycles. The maximum Gasteiger partial charge on any atom is 0.241 e. The lowest BCUT2D eigenvalue weighted by atomic mass is 10.2. The maximum absolute atomic E-state index is 12.5. The van der Waals surface area contributed by atoms with Crippen LogP contribution >= 0.6 is 11.3 Å². The molecule has 2 fully saturated rings. The van der Waals surface area contributed by atoms with E-state index in [0.29, 0.717) is 6.04 Å². The number of hydrogen-bond donors (Lipinski definition) is 1. The Morgan fingerprint density at radius 3 is 2.71 bits per heavy atom. The molecule has 3 atom stereocenters. The molecular weight excluding hydrogens is 282 g/mol. The average molecular weight is 307 g/mol. The summed E-state index contributed by atoms with van der Waals surface area (Å²) in [6.45, 7) is 9.50. The monoisotopic (exact) mass is 307 g/mol. The maximum atomic E-state index is 12.5. The normalized spacial score (nSPS) is 28.5. The molecule has 0 aliphatic carbocycles. The van der Waals surface area contributed by atoms with Crippen molar-refractivity contribution in [3.63, 3.8) is 0 Å². The number of nitrogens with one attached hydrogen (secondary N) is 1. The average Bonchev–Trinajstić information content (AvgIpc) is 3.16. The topological polar surface area (TPSA) is 35.6 Å². The predicted molar refractivity (Wildman–Crippen MR) is 86.4 cm³/mol. The molecule has 1 amide bonds. The number of nitrogens with zero attached hydrogens (tertiary/aromatic N) is 2. The van der Waals surface area contributed by atoms with E-state index in [4.69, 9.17) is 0 Å². The highest BCUT2D eigenvalue weighted by Crippen LogP contribution is 2.31. The Labute approximate surface area is 131 Å². The molecule has 0 radical (unpaired) electrons. The van der Waals surface area contributed by atoms with Gasteiger partial charge in [0, 0.05) is 22.3 Å². The zero-order valence-electron chi connectivity index (χ0n) is 13.1. The summed E-state index contributed by atoms with van der Waals surface area (Å²) in [5, 5.41) is 3.45. The van der Waals surface area contributed by atoms with Gasteiger partial charge in [-0.05, 0) is 58.8 Å². The molecule has 116 valence electrons. The zero-order chi connectivity index (χ0) is 15.0. The van der Waals surface area contributed by atoms with Crippen molar-refractivity contribution in [3.05, 3.63) is 21.9 Å². The highest BCUT2D eigenvalue weighted by Gasteiger charge is 2.39. The van der Waals surface area contributed by atoms with Crippen LogP contribution in [0.2, 0.25) is 0 Å². The van der Waals surface area contributed by atoms with E-state index in [-0.39, 0.29) is 18.1 Å². The third-order valence-electron chi connectivity index (χ3n) is 4.63. The summed E-state index contributed by atoms with van der Waals surface area (Å²) in [4.78, 5) is 19.6. The van der Waals surface area contributed by atoms with Gasteiger partial charge in [0.1, 0.15) is 6.17 Å². The van der Waals surface area contributed by atoms with Crippen LogP contribution in [-0.2, 0) is 4.79 Å². The standard InChI is InChI=1S/C16H25N3OS/c1-11(18-8-4-5-9-18)10-19-15(17-13(3)16(19)20)14-7-6-12(2)21-14/h6-7,11,13,15,17H,4-5,8-10H2,1-3H3. The summed E-state index contributed by atoms with van der Waals surface area (Å²) in [5.74, 6) is 0.233. The molecule has 0 saturated carbocycles. The Bertz CT molecular complexity index is 509. The molecule has 1 aromatic rings. The fraction of sp³-hybridized carbons (Fsp3) is 0.688. The van der Waals surface area contributed by atoms with Gasteiger partial charge in [0.25, 0.3) is 0 Å². The fourth-order valence-electron chi connectivity index (χ4n) is 3.39. The van der Waals surface area contributed by atoms with Crippen LogP contribution in [0, 0.1) is 6.92 Å². The number of hydrogen-bond acceptors (Lipinski definition) is 4. The van der Waals surface area contributed by atoms with Gasteiger partial charge < -0.3 is 4.90 Å². The van der Waals surface area contributed by atoms with Crippen LogP contribution in [0.3, 0.4) is 0 Å². The molecule has 4 nitrogen and oxygen atoms in total. The Morgan fingerprint density at radius 2 is 2.10 bits per heavy atom. The van der Waals surface area contributed by atoms with E-state index in [1.807, 2.05) is 11.8 Å². The number of carbonyl (C=O) groups excluding carboxylic acids is 1. The Morgan fingerprint density at radius 1 is 1.38 bits per heavy atom. The number of carbonyl (C=O) groups is 1. The molecule has 1 N–H and O–H groups in total. The van der Waals surface area contributed by atoms with Gasteiger partial charge in [-0.25, -0.2) is 0 Å². The molecule has 3 heterocycles. The van der Waals surface area contributed by atoms with Gasteiger partial charge in [-0.1, -0.05) is 0 Å². The van der Waals surface area contributed by atoms with E-state index >= 15 is 0 Å². The van der Waals surface area contributed by atoms with Gasteiger partial charge in [-0.2, -0.15) is 0 Å². The largest absolute Gasteiger partial charge is 0.319 e. The Hall–Kier alpha value is -0.910. The van der Waals surface area contributed by atoms with Crippen LogP contribution in [0.15, 0.2) is 12.1 Å². The van der Waals surface area contributed by atoms with Crippen molar-refractivity contribution in [3.8, 4) is 0 Å². The lowest BCUT2D eigenvalue weighted by Gasteiger charge is -2.31. The van der Waals surface area contributed by atoms with Gasteiger partial charge in [-0.3, -0.25) is 15.0 Å². The molecule has 3 unspecified atom stereocenters. The minimum atomic E-state index is -0.0804. The van der Waals surface area contributed by atoms with Gasteiger partial charge in [0.05, 0.1) is 6.04 Å². The van der Waals surface area contributed by atoms with Crippen LogP contribution in [0.4, 0.5) is 0 Å². The summed E-state index contributed by atoms with van der Waals surface area (Å²) in [5.41, 5.74) is 0. The SMILES string of the molecule is Cc1ccc(C2NC(C)C(=O)N2CC(C)N2CCCC2)s1. The third kappa shape index (κ3) is 3.00. The van der Waals surface area contributed by atoms with Crippen molar-refractivity contribution in [1.82, 2.24) is 15.1 Å². The molecule has 2 aliphatic rings. The smallest absolute Gasteiger partial charge is 0.241 e. The number of thiophene rings is 1. The van der Waals surface area contributed by atoms with E-state index in [9.17, 15) is 4.79 Å². The molecule has 5 heteroatoms. The second-order valence-electron chi connectivity index (χ2n) is 6.32. The molecule has 2 aliphatic heterocycles. The van der Waals surface area contributed by atoms with E-state index in [1.165, 1.54) is 35.7 Å². The first-order chi connectivity index (χ1) is 10.1. The second-order valence-corrected chi connectivity index (χ2v) is 7.64. The van der Waals surface area contributed by atoms with Crippen LogP contribution < -0.4 is 5.32 Å². The van der Waals surface area contributed by atoms with Gasteiger partial charge in [0.2, 0.25) is 5.91 Å². The number of amides is 1. The van der Waals surface area contributed by atoms with Crippen molar-refractivity contribution in [2.45, 2.75) is 51.9 Å². The molecule has 0 aromatic carbocycles. The number of likely N-dealkylation sites (tertiary alicyclic amines) is 1. The van der Waals surface area contributed by atoms with Gasteiger partial charge in [0.15, 0.2) is 0 Å². The van der Waals surface area contributed by atoms with Crippen molar-refractivity contribution >= 4 is 17.2 Å². The van der Waals surface area contributed by atoms with Crippen LogP contribution in [0.5, 0.6) is 0 Å². The minimum absolute atomic E-state index is 0.0521. The first kappa shape index (κ1) is 15.0. The quantitative estimate of drug-likeness (QED) is 0.927. The van der Waals surface area contributed by atoms with Crippen molar-refractivity contribution in [2.24, 2.45) is 0 Å². The molecule has 2 saturated heterocycles. The molecule has 0 bridgehead atoms. The van der Waals surface area contributed by atoms with E-state index in [0.717, 1.165) is 6.54 Å². The first-order valence-corrected chi connectivity index (χ1v) is 8.75. The Balaban J connectivity index is 1.74. The van der Waals surface area contributed by atoms with Crippen LogP contribution in [0.1, 0.15) is 42.6 Å². The molecule has 0 spiro atoms. The number of aryl methyl sites for hydroxylation is 1. The third-order valence-corrected chi connectivity index (χ3v) is 5.68. The lowest BCUT2D eigenvalue weighted by molar-refractivity contribution is -0.130. The Kier molecular flexibility index (Phi) is 4.33. The van der Waals surface area contributed by atoms with E-state index in [1.54, 1.807) is 11.3 Å². The summed E-state index contributed by atoms with van der Waals surface area (Å²) in [6.07, 6.45) is 2.64. The summed E-state index contributed by atoms with van der Waals surface area (Å²) >= 11 is 1.78. The van der Waals surface area contributed by atoms with Crippen LogP contribution in [0.25, 0.3) is 0 Å². The fourth-order valence-corrected chi connectivity index (χ4v) is 4.34. The lowest BCUT2D eigenvalue weighted by Crippen LogP contribution is -2.43. The van der Waals surface area contributed by atoms with Gasteiger partial charge in [-0.15, -0.1) is 11.3 Å². The summed E-state index contributed by atoms with van der Waals surface area (Å²) in [6, 6.07) is 4.64. The molecular formula is C16H25N3OS. The van der Waals surface area contributed by atoms with Crippen LogP contribution in [-0.4, -0.2) is 47.4 Å². The predicted octanol–water partition coefficient (Wildman–Crippen LogP) is 2.36. The van der Waals surface area contributed by atoms with Crippen molar-refractivity contribution in [2.75, 3.05) is 19.6 Å². The molecule has 3 rings (SSSR count). The van der Waals surface area contributed by atoms with E-state index < -0.39 is 0 Å². The van der Waals surface area contributed by atoms with E-state index in [2.05, 4.69) is 36.2 Å². The molecule has 21 heavy (non-hydrogen) atoms. The number of rotatable bonds is 4. The zero-order valence-corrected chi connectivity index (χ0v) is 13.9. The van der Waals surface area contributed by atoms with Crippen molar-refractivity contribution in [1.29, 1.82) is 0 Å². The summed E-state index contributed by atoms with van der Waals surface area (Å²) in [7, 11) is 0. The summed E-state index contributed by atoms with van der Waals surface area (Å²) < 4.78 is 0. The highest BCUT2D eigenvalue weighted by atomic mass is 32.1. The minimum Gasteiger partial charge on any atom is -0.319 e. The van der Waals surface area contributed by atoms with Crippen molar-refractivity contribution < 1.29 is 4.79 Å². The van der Waals surface area contributed by atoms with Gasteiger partial charge >= 0.3 is 0 Å². The second kappa shape index (κ2) is 6.07.